The van der Waals surface area contributed by atoms with Crippen molar-refractivity contribution in [1.29, 1.82) is 0 Å². The van der Waals surface area contributed by atoms with Crippen LogP contribution in [-0.2, 0) is 14.8 Å². The van der Waals surface area contributed by atoms with Crippen molar-refractivity contribution >= 4 is 21.5 Å². The van der Waals surface area contributed by atoms with Gasteiger partial charge in [0.25, 0.3) is 5.69 Å². The van der Waals surface area contributed by atoms with E-state index in [1.165, 1.54) is 12.1 Å². The monoisotopic (exact) mass is 300 g/mol. The van der Waals surface area contributed by atoms with E-state index in [4.69, 9.17) is 0 Å². The summed E-state index contributed by atoms with van der Waals surface area (Å²) in [6.07, 6.45) is 0.477. The van der Waals surface area contributed by atoms with Gasteiger partial charge in [0.2, 0.25) is 10.0 Å². The minimum Gasteiger partial charge on any atom is -0.298 e. The summed E-state index contributed by atoms with van der Waals surface area (Å²) in [6.45, 7) is 3.30. The lowest BCUT2D eigenvalue weighted by Gasteiger charge is -2.15. The second kappa shape index (κ2) is 6.58. The summed E-state index contributed by atoms with van der Waals surface area (Å²) in [5.41, 5.74) is -0.515. The molecule has 0 saturated heterocycles. The van der Waals surface area contributed by atoms with Crippen LogP contribution < -0.4 is 4.72 Å². The van der Waals surface area contributed by atoms with Crippen molar-refractivity contribution in [3.8, 4) is 0 Å². The van der Waals surface area contributed by atoms with E-state index in [9.17, 15) is 23.3 Å². The second-order valence-corrected chi connectivity index (χ2v) is 5.81. The van der Waals surface area contributed by atoms with Gasteiger partial charge in [0.05, 0.1) is 11.0 Å². The van der Waals surface area contributed by atoms with Gasteiger partial charge in [0.15, 0.2) is 10.7 Å². The van der Waals surface area contributed by atoms with Crippen molar-refractivity contribution in [3.05, 3.63) is 34.4 Å². The van der Waals surface area contributed by atoms with Crippen molar-refractivity contribution < 1.29 is 18.1 Å². The summed E-state index contributed by atoms with van der Waals surface area (Å²) in [5.74, 6) is -0.255. The maximum atomic E-state index is 12.2. The van der Waals surface area contributed by atoms with Gasteiger partial charge in [-0.15, -0.1) is 0 Å². The van der Waals surface area contributed by atoms with Gasteiger partial charge in [-0.1, -0.05) is 26.0 Å². The Kier molecular flexibility index (Phi) is 5.34. The molecular formula is C12H16N2O5S. The number of ketones is 1. The number of nitro benzene ring substituents is 1. The van der Waals surface area contributed by atoms with Crippen LogP contribution in [0.25, 0.3) is 0 Å². The zero-order valence-electron chi connectivity index (χ0n) is 11.2. The van der Waals surface area contributed by atoms with E-state index in [0.29, 0.717) is 0 Å². The van der Waals surface area contributed by atoms with E-state index in [0.717, 1.165) is 12.1 Å². The first-order chi connectivity index (χ1) is 9.33. The molecule has 8 heteroatoms. The van der Waals surface area contributed by atoms with E-state index in [2.05, 4.69) is 4.72 Å². The number of rotatable bonds is 7. The second-order valence-electron chi connectivity index (χ2n) is 4.13. The number of carbonyl (C=O) groups is 1. The first-order valence-corrected chi connectivity index (χ1v) is 7.60. The lowest BCUT2D eigenvalue weighted by Crippen LogP contribution is -2.40. The van der Waals surface area contributed by atoms with Crippen LogP contribution in [0.3, 0.4) is 0 Å². The van der Waals surface area contributed by atoms with Crippen LogP contribution in [0.2, 0.25) is 0 Å². The molecule has 1 atom stereocenters. The predicted molar refractivity (Wildman–Crippen MR) is 72.8 cm³/mol. The first kappa shape index (κ1) is 16.3. The number of carbonyl (C=O) groups excluding carboxylic acids is 1. The fourth-order valence-electron chi connectivity index (χ4n) is 1.71. The van der Waals surface area contributed by atoms with E-state index in [1.54, 1.807) is 13.8 Å². The number of nitro groups is 1. The third kappa shape index (κ3) is 3.61. The number of Topliss-reactive ketones (excluding diaryl/α,β-unsaturated/α-hetero) is 1. The number of benzene rings is 1. The molecule has 1 aromatic carbocycles. The van der Waals surface area contributed by atoms with Gasteiger partial charge in [-0.3, -0.25) is 14.9 Å². The first-order valence-electron chi connectivity index (χ1n) is 6.12. The Labute approximate surface area is 117 Å². The third-order valence-electron chi connectivity index (χ3n) is 2.79. The number of nitrogens with zero attached hydrogens (tertiary/aromatic N) is 1. The maximum Gasteiger partial charge on any atom is 0.289 e. The highest BCUT2D eigenvalue weighted by Crippen LogP contribution is 2.23. The van der Waals surface area contributed by atoms with Crippen molar-refractivity contribution in [2.24, 2.45) is 0 Å². The van der Waals surface area contributed by atoms with E-state index < -0.39 is 31.6 Å². The smallest absolute Gasteiger partial charge is 0.289 e. The van der Waals surface area contributed by atoms with Crippen molar-refractivity contribution in [1.82, 2.24) is 4.72 Å². The van der Waals surface area contributed by atoms with Crippen molar-refractivity contribution in [2.75, 3.05) is 0 Å². The summed E-state index contributed by atoms with van der Waals surface area (Å²) in [5, 5.41) is 10.9. The topological polar surface area (TPSA) is 106 Å². The third-order valence-corrected chi connectivity index (χ3v) is 4.31. The Morgan fingerprint density at radius 3 is 2.45 bits per heavy atom. The van der Waals surface area contributed by atoms with Gasteiger partial charge >= 0.3 is 0 Å². The predicted octanol–water partition coefficient (Wildman–Crippen LogP) is 1.63. The van der Waals surface area contributed by atoms with Crippen LogP contribution in [0, 0.1) is 10.1 Å². The molecule has 110 valence electrons. The molecule has 1 aromatic rings. The molecule has 0 unspecified atom stereocenters. The Morgan fingerprint density at radius 1 is 1.35 bits per heavy atom. The average molecular weight is 300 g/mol. The average Bonchev–Trinajstić information content (AvgIpc) is 2.43. The molecule has 0 fully saturated rings. The molecule has 0 saturated carbocycles. The van der Waals surface area contributed by atoms with Crippen LogP contribution in [0.5, 0.6) is 0 Å². The normalized spacial score (nSPS) is 12.9. The molecule has 0 amide bonds. The molecule has 0 radical (unpaired) electrons. The molecule has 7 nitrogen and oxygen atoms in total. The Morgan fingerprint density at radius 2 is 1.95 bits per heavy atom. The van der Waals surface area contributed by atoms with Gasteiger partial charge in [0.1, 0.15) is 0 Å². The summed E-state index contributed by atoms with van der Waals surface area (Å²) >= 11 is 0. The molecule has 0 aliphatic rings. The van der Waals surface area contributed by atoms with Gasteiger partial charge in [-0.05, 0) is 12.5 Å². The molecular weight excluding hydrogens is 284 g/mol. The minimum atomic E-state index is -4.11. The number of sulfonamides is 1. The van der Waals surface area contributed by atoms with Crippen LogP contribution in [0.15, 0.2) is 29.2 Å². The summed E-state index contributed by atoms with van der Waals surface area (Å²) in [6, 6.07) is 4.15. The molecule has 20 heavy (non-hydrogen) atoms. The highest BCUT2D eigenvalue weighted by atomic mass is 32.2. The SMILES string of the molecule is CCC(=O)[C@H](CC)NS(=O)(=O)c1ccccc1[N+](=O)[O-]. The molecule has 1 rings (SSSR count). The lowest BCUT2D eigenvalue weighted by molar-refractivity contribution is -0.387. The van der Waals surface area contributed by atoms with Gasteiger partial charge < -0.3 is 0 Å². The van der Waals surface area contributed by atoms with Crippen LogP contribution in [0.4, 0.5) is 5.69 Å². The molecule has 0 heterocycles. The van der Waals surface area contributed by atoms with Crippen LogP contribution >= 0.6 is 0 Å². The van der Waals surface area contributed by atoms with Crippen LogP contribution in [-0.4, -0.2) is 25.2 Å². The van der Waals surface area contributed by atoms with E-state index in [-0.39, 0.29) is 18.6 Å². The number of nitrogens with one attached hydrogen (secondary N) is 1. The van der Waals surface area contributed by atoms with E-state index in [1.807, 2.05) is 0 Å². The standard InChI is InChI=1S/C12H16N2O5S/c1-3-9(11(15)4-2)13-20(18,19)12-8-6-5-7-10(12)14(16)17/h5-9,13H,3-4H2,1-2H3/t9-/m0/s1. The zero-order chi connectivity index (χ0) is 15.3. The zero-order valence-corrected chi connectivity index (χ0v) is 12.0. The number of hydrogen-bond acceptors (Lipinski definition) is 5. The molecule has 0 aromatic heterocycles. The quantitative estimate of drug-likeness (QED) is 0.608. The Hall–Kier alpha value is -1.80. The van der Waals surface area contributed by atoms with E-state index >= 15 is 0 Å². The molecule has 0 bridgehead atoms. The molecule has 0 aliphatic heterocycles. The Balaban J connectivity index is 3.18. The van der Waals surface area contributed by atoms with Gasteiger partial charge in [-0.2, -0.15) is 0 Å². The molecule has 0 aliphatic carbocycles. The lowest BCUT2D eigenvalue weighted by atomic mass is 10.1. The minimum absolute atomic E-state index is 0.192. The highest BCUT2D eigenvalue weighted by molar-refractivity contribution is 7.89. The van der Waals surface area contributed by atoms with Crippen molar-refractivity contribution in [3.63, 3.8) is 0 Å². The number of para-hydroxylation sites is 1. The maximum absolute atomic E-state index is 12.2. The van der Waals surface area contributed by atoms with Gasteiger partial charge in [0, 0.05) is 12.5 Å². The fourth-order valence-corrected chi connectivity index (χ4v) is 3.18. The van der Waals surface area contributed by atoms with Crippen LogP contribution in [0.1, 0.15) is 26.7 Å². The highest BCUT2D eigenvalue weighted by Gasteiger charge is 2.29. The fraction of sp³-hybridized carbons (Fsp3) is 0.417. The molecule has 1 N–H and O–H groups in total. The Bertz CT molecular complexity index is 612. The largest absolute Gasteiger partial charge is 0.298 e. The van der Waals surface area contributed by atoms with Gasteiger partial charge in [-0.25, -0.2) is 13.1 Å². The summed E-state index contributed by atoms with van der Waals surface area (Å²) in [4.78, 5) is 21.3. The van der Waals surface area contributed by atoms with Crippen molar-refractivity contribution in [2.45, 2.75) is 37.6 Å². The number of hydrogen-bond donors (Lipinski definition) is 1. The summed E-state index contributed by atoms with van der Waals surface area (Å²) in [7, 11) is -4.11. The molecule has 0 spiro atoms. The summed E-state index contributed by atoms with van der Waals surface area (Å²) < 4.78 is 26.6.